The normalized spacial score (nSPS) is 12.8. The van der Waals surface area contributed by atoms with Crippen molar-refractivity contribution >= 4 is 11.3 Å². The van der Waals surface area contributed by atoms with E-state index in [-0.39, 0.29) is 5.75 Å². The third-order valence-electron chi connectivity index (χ3n) is 5.35. The maximum atomic E-state index is 14.6. The van der Waals surface area contributed by atoms with E-state index in [1.165, 1.54) is 18.2 Å². The molecule has 0 aromatic carbocycles. The number of fused-ring (bicyclic) bond motifs is 2. The maximum absolute atomic E-state index is 14.6. The molecule has 0 saturated carbocycles. The first-order valence-electron chi connectivity index (χ1n) is 9.54. The van der Waals surface area contributed by atoms with Gasteiger partial charge in [0, 0.05) is 30.4 Å². The summed E-state index contributed by atoms with van der Waals surface area (Å²) in [5.41, 5.74) is 6.43. The highest BCUT2D eigenvalue weighted by molar-refractivity contribution is 5.51. The molecule has 4 aromatic heterocycles. The first-order valence-corrected chi connectivity index (χ1v) is 9.54. The van der Waals surface area contributed by atoms with Crippen LogP contribution in [-0.2, 0) is 6.42 Å². The number of ether oxygens (including phenoxy) is 1. The van der Waals surface area contributed by atoms with E-state index in [0.29, 0.717) is 11.6 Å². The summed E-state index contributed by atoms with van der Waals surface area (Å²) in [7, 11) is 1.48. The molecule has 1 unspecified atom stereocenters. The van der Waals surface area contributed by atoms with E-state index >= 15 is 0 Å². The molecule has 5 nitrogen and oxygen atoms in total. The smallest absolute Gasteiger partial charge is 0.208 e. The van der Waals surface area contributed by atoms with Gasteiger partial charge in [-0.2, -0.15) is 4.39 Å². The Morgan fingerprint density at radius 3 is 2.50 bits per heavy atom. The molecule has 0 aliphatic rings. The highest BCUT2D eigenvalue weighted by Crippen LogP contribution is 2.27. The minimum Gasteiger partial charge on any atom is -0.493 e. The van der Waals surface area contributed by atoms with Crippen molar-refractivity contribution in [2.45, 2.75) is 46.5 Å². The Kier molecular flexibility index (Phi) is 4.57. The number of nitrogens with zero attached hydrogens (tertiary/aromatic N) is 4. The second-order valence-electron chi connectivity index (χ2n) is 7.63. The zero-order chi connectivity index (χ0) is 20.0. The van der Waals surface area contributed by atoms with Crippen LogP contribution in [0.2, 0.25) is 0 Å². The van der Waals surface area contributed by atoms with Crippen molar-refractivity contribution in [2.75, 3.05) is 7.11 Å². The van der Waals surface area contributed by atoms with Crippen LogP contribution in [0.1, 0.15) is 47.3 Å². The molecule has 0 N–H and O–H groups in total. The number of imidazole rings is 2. The predicted octanol–water partition coefficient (Wildman–Crippen LogP) is 4.79. The van der Waals surface area contributed by atoms with Crippen LogP contribution in [0, 0.1) is 26.6 Å². The van der Waals surface area contributed by atoms with Gasteiger partial charge in [0.1, 0.15) is 5.65 Å². The number of methoxy groups -OCH3 is 1. The van der Waals surface area contributed by atoms with Gasteiger partial charge < -0.3 is 13.5 Å². The van der Waals surface area contributed by atoms with E-state index < -0.39 is 5.82 Å². The number of pyridine rings is 2. The zero-order valence-corrected chi connectivity index (χ0v) is 17.0. The van der Waals surface area contributed by atoms with Crippen LogP contribution in [-0.4, -0.2) is 25.9 Å². The minimum absolute atomic E-state index is 0.262. The van der Waals surface area contributed by atoms with Crippen molar-refractivity contribution < 1.29 is 9.13 Å². The van der Waals surface area contributed by atoms with E-state index in [1.54, 1.807) is 4.40 Å². The van der Waals surface area contributed by atoms with Crippen LogP contribution < -0.4 is 4.74 Å². The van der Waals surface area contributed by atoms with E-state index in [0.717, 1.165) is 35.4 Å². The van der Waals surface area contributed by atoms with Crippen molar-refractivity contribution in [3.63, 3.8) is 0 Å². The molecule has 6 heteroatoms. The van der Waals surface area contributed by atoms with E-state index in [2.05, 4.69) is 46.7 Å². The van der Waals surface area contributed by atoms with Crippen LogP contribution in [0.5, 0.6) is 5.75 Å². The van der Waals surface area contributed by atoms with Gasteiger partial charge in [-0.15, -0.1) is 0 Å². The summed E-state index contributed by atoms with van der Waals surface area (Å²) in [6.07, 6.45) is 9.69. The van der Waals surface area contributed by atoms with Crippen LogP contribution in [0.4, 0.5) is 4.39 Å². The second-order valence-corrected chi connectivity index (χ2v) is 7.63. The first-order chi connectivity index (χ1) is 13.4. The molecule has 0 bridgehead atoms. The molecule has 0 aliphatic carbocycles. The molecular weight excluding hydrogens is 355 g/mol. The van der Waals surface area contributed by atoms with Gasteiger partial charge in [-0.3, -0.25) is 0 Å². The minimum atomic E-state index is -0.404. The van der Waals surface area contributed by atoms with E-state index in [1.807, 2.05) is 26.2 Å². The fourth-order valence-electron chi connectivity index (χ4n) is 3.84. The Balaban J connectivity index is 1.56. The number of aromatic nitrogens is 4. The third-order valence-corrected chi connectivity index (χ3v) is 5.35. The van der Waals surface area contributed by atoms with Gasteiger partial charge in [-0.05, 0) is 50.7 Å². The van der Waals surface area contributed by atoms with Gasteiger partial charge in [0.25, 0.3) is 0 Å². The Morgan fingerprint density at radius 2 is 1.75 bits per heavy atom. The summed E-state index contributed by atoms with van der Waals surface area (Å²) in [5, 5.41) is 0. The number of aryl methyl sites for hydroxylation is 4. The molecular formula is C22H25FN4O. The maximum Gasteiger partial charge on any atom is 0.208 e. The number of halogens is 1. The molecule has 28 heavy (non-hydrogen) atoms. The molecule has 4 heterocycles. The van der Waals surface area contributed by atoms with Crippen molar-refractivity contribution in [2.24, 2.45) is 0 Å². The zero-order valence-electron chi connectivity index (χ0n) is 17.0. The van der Waals surface area contributed by atoms with Gasteiger partial charge in [0.05, 0.1) is 18.5 Å². The summed E-state index contributed by atoms with van der Waals surface area (Å²) >= 11 is 0. The van der Waals surface area contributed by atoms with Gasteiger partial charge in [-0.1, -0.05) is 13.0 Å². The van der Waals surface area contributed by atoms with Gasteiger partial charge in [0.2, 0.25) is 5.82 Å². The Bertz CT molecular complexity index is 1170. The average Bonchev–Trinajstić information content (AvgIpc) is 3.23. The topological polar surface area (TPSA) is 43.8 Å². The molecule has 0 fully saturated rings. The summed E-state index contributed by atoms with van der Waals surface area (Å²) in [6, 6.07) is 2.21. The Labute approximate surface area is 163 Å². The molecule has 0 spiro atoms. The molecule has 1 atom stereocenters. The monoisotopic (exact) mass is 380 g/mol. The quantitative estimate of drug-likeness (QED) is 0.500. The highest BCUT2D eigenvalue weighted by Gasteiger charge is 2.16. The van der Waals surface area contributed by atoms with Crippen LogP contribution in [0.15, 0.2) is 30.9 Å². The molecule has 4 rings (SSSR count). The molecule has 146 valence electrons. The second kappa shape index (κ2) is 6.93. The van der Waals surface area contributed by atoms with Crippen molar-refractivity contribution in [1.29, 1.82) is 0 Å². The van der Waals surface area contributed by atoms with E-state index in [4.69, 9.17) is 4.74 Å². The van der Waals surface area contributed by atoms with E-state index in [9.17, 15) is 4.39 Å². The molecule has 0 amide bonds. The molecule has 0 saturated heterocycles. The number of rotatable bonds is 5. The lowest BCUT2D eigenvalue weighted by Crippen LogP contribution is -2.00. The Hall–Kier alpha value is -2.89. The lowest BCUT2D eigenvalue weighted by atomic mass is 9.96. The number of hydrogen-bond donors (Lipinski definition) is 0. The van der Waals surface area contributed by atoms with Gasteiger partial charge in [-0.25, -0.2) is 9.97 Å². The largest absolute Gasteiger partial charge is 0.493 e. The molecule has 0 aliphatic heterocycles. The van der Waals surface area contributed by atoms with Gasteiger partial charge in [0.15, 0.2) is 11.4 Å². The first kappa shape index (κ1) is 18.5. The lowest BCUT2D eigenvalue weighted by molar-refractivity contribution is 0.383. The predicted molar refractivity (Wildman–Crippen MR) is 108 cm³/mol. The number of hydrogen-bond acceptors (Lipinski definition) is 3. The summed E-state index contributed by atoms with van der Waals surface area (Å²) in [4.78, 5) is 9.06. The molecule has 4 aromatic rings. The summed E-state index contributed by atoms with van der Waals surface area (Å²) < 4.78 is 23.6. The van der Waals surface area contributed by atoms with Crippen molar-refractivity contribution in [1.82, 2.24) is 18.8 Å². The standard InChI is InChI=1S/C22H25FN4O/c1-13(17-8-14(2)21-24-16(4)10-27(21)11-17)6-7-18-12-26-9-15(3)20(28-5)19(23)22(26)25-18/h8-13H,6-7H2,1-5H3. The lowest BCUT2D eigenvalue weighted by Gasteiger charge is -2.13. The molecule has 0 radical (unpaired) electrons. The summed E-state index contributed by atoms with van der Waals surface area (Å²) in [6.45, 7) is 8.15. The van der Waals surface area contributed by atoms with Crippen LogP contribution >= 0.6 is 0 Å². The van der Waals surface area contributed by atoms with Gasteiger partial charge >= 0.3 is 0 Å². The van der Waals surface area contributed by atoms with Crippen molar-refractivity contribution in [3.05, 3.63) is 64.7 Å². The van der Waals surface area contributed by atoms with Crippen LogP contribution in [0.25, 0.3) is 11.3 Å². The Morgan fingerprint density at radius 1 is 1.00 bits per heavy atom. The third kappa shape index (κ3) is 3.13. The summed E-state index contributed by atoms with van der Waals surface area (Å²) in [5.74, 6) is 0.215. The van der Waals surface area contributed by atoms with Crippen molar-refractivity contribution in [3.8, 4) is 5.75 Å². The SMILES string of the molecule is COc1c(C)cn2cc(CCC(C)c3cc(C)c4nc(C)cn4c3)nc2c1F. The fraction of sp³-hybridized carbons (Fsp3) is 0.364. The highest BCUT2D eigenvalue weighted by atomic mass is 19.1. The average molecular weight is 380 g/mol. The van der Waals surface area contributed by atoms with Crippen LogP contribution in [0.3, 0.4) is 0 Å². The fourth-order valence-corrected chi connectivity index (χ4v) is 3.84.